The summed E-state index contributed by atoms with van der Waals surface area (Å²) < 4.78 is 5.32. The first-order chi connectivity index (χ1) is 5.86. The van der Waals surface area contributed by atoms with Crippen LogP contribution in [0.25, 0.3) is 0 Å². The van der Waals surface area contributed by atoms with Gasteiger partial charge < -0.3 is 4.42 Å². The molecule has 0 aromatic carbocycles. The Morgan fingerprint density at radius 2 is 2.08 bits per heavy atom. The third-order valence-electron chi connectivity index (χ3n) is 1.57. The minimum atomic E-state index is 0.727. The number of aromatic nitrogens is 2. The molecule has 3 heteroatoms. The summed E-state index contributed by atoms with van der Waals surface area (Å²) in [6.07, 6.45) is 6.75. The predicted octanol–water partition coefficient (Wildman–Crippen LogP) is 2.14. The van der Waals surface area contributed by atoms with Crippen LogP contribution in [0, 0.1) is 0 Å². The van der Waals surface area contributed by atoms with Crippen molar-refractivity contribution < 1.29 is 4.42 Å². The lowest BCUT2D eigenvalue weighted by Gasteiger charge is -1.87. The summed E-state index contributed by atoms with van der Waals surface area (Å²) in [6.45, 7) is 4.01. The molecule has 0 aliphatic rings. The monoisotopic (exact) mass is 166 g/mol. The number of nitrogens with zero attached hydrogens (tertiary/aromatic N) is 2. The maximum atomic E-state index is 5.32. The van der Waals surface area contributed by atoms with E-state index >= 15 is 0 Å². The number of rotatable bonds is 4. The van der Waals surface area contributed by atoms with Crippen molar-refractivity contribution >= 4 is 0 Å². The van der Waals surface area contributed by atoms with Gasteiger partial charge in [-0.3, -0.25) is 0 Å². The quantitative estimate of drug-likeness (QED) is 0.643. The Hall–Kier alpha value is -1.12. The van der Waals surface area contributed by atoms with Crippen LogP contribution in [0.4, 0.5) is 0 Å². The average Bonchev–Trinajstić information content (AvgIpc) is 2.53. The molecule has 1 aromatic rings. The van der Waals surface area contributed by atoms with Crippen molar-refractivity contribution in [3.05, 3.63) is 23.9 Å². The van der Waals surface area contributed by atoms with E-state index in [9.17, 15) is 0 Å². The molecule has 1 heterocycles. The van der Waals surface area contributed by atoms with Crippen molar-refractivity contribution in [1.82, 2.24) is 10.2 Å². The van der Waals surface area contributed by atoms with Crippen LogP contribution in [-0.2, 0) is 12.8 Å². The van der Waals surface area contributed by atoms with E-state index in [1.807, 2.05) is 19.9 Å². The molecule has 1 rings (SSSR count). The molecule has 0 radical (unpaired) electrons. The van der Waals surface area contributed by atoms with Crippen LogP contribution in [0.15, 0.2) is 16.6 Å². The molecule has 0 N–H and O–H groups in total. The highest BCUT2D eigenvalue weighted by Gasteiger charge is 2.01. The molecule has 0 aliphatic carbocycles. The van der Waals surface area contributed by atoms with Crippen LogP contribution in [0.1, 0.15) is 32.0 Å². The Morgan fingerprint density at radius 1 is 1.33 bits per heavy atom. The second kappa shape index (κ2) is 4.70. The first-order valence-corrected chi connectivity index (χ1v) is 4.29. The molecule has 0 aliphatic heterocycles. The largest absolute Gasteiger partial charge is 0.425 e. The summed E-state index contributed by atoms with van der Waals surface area (Å²) >= 11 is 0. The lowest BCUT2D eigenvalue weighted by Crippen LogP contribution is -1.82. The van der Waals surface area contributed by atoms with Gasteiger partial charge >= 0.3 is 0 Å². The molecule has 0 saturated carbocycles. The van der Waals surface area contributed by atoms with Crippen molar-refractivity contribution in [2.75, 3.05) is 0 Å². The number of aryl methyl sites for hydroxylation is 2. The molecule has 1 aromatic heterocycles. The summed E-state index contributed by atoms with van der Waals surface area (Å²) in [5.41, 5.74) is 0. The third kappa shape index (κ3) is 2.49. The summed E-state index contributed by atoms with van der Waals surface area (Å²) in [6, 6.07) is 0. The van der Waals surface area contributed by atoms with Crippen LogP contribution >= 0.6 is 0 Å². The highest BCUT2D eigenvalue weighted by atomic mass is 16.4. The standard InChI is InChI=1S/C9H14N2O/c1-3-5-6-7-9-11-10-8(4-2)12-9/h3,5H,4,6-7H2,1-2H3. The van der Waals surface area contributed by atoms with Gasteiger partial charge in [-0.1, -0.05) is 19.1 Å². The first kappa shape index (κ1) is 8.97. The van der Waals surface area contributed by atoms with Crippen LogP contribution < -0.4 is 0 Å². The van der Waals surface area contributed by atoms with E-state index < -0.39 is 0 Å². The smallest absolute Gasteiger partial charge is 0.216 e. The highest BCUT2D eigenvalue weighted by molar-refractivity contribution is 4.86. The van der Waals surface area contributed by atoms with E-state index in [2.05, 4.69) is 16.3 Å². The predicted molar refractivity (Wildman–Crippen MR) is 46.8 cm³/mol. The third-order valence-corrected chi connectivity index (χ3v) is 1.57. The minimum absolute atomic E-state index is 0.727. The van der Waals surface area contributed by atoms with Gasteiger partial charge in [-0.15, -0.1) is 10.2 Å². The van der Waals surface area contributed by atoms with Gasteiger partial charge in [-0.2, -0.15) is 0 Å². The van der Waals surface area contributed by atoms with E-state index in [1.165, 1.54) is 0 Å². The molecular weight excluding hydrogens is 152 g/mol. The Morgan fingerprint density at radius 3 is 2.67 bits per heavy atom. The SMILES string of the molecule is CC=CCCc1nnc(CC)o1. The van der Waals surface area contributed by atoms with Gasteiger partial charge in [-0.05, 0) is 13.3 Å². The Labute approximate surface area is 72.5 Å². The van der Waals surface area contributed by atoms with Crippen LogP contribution in [0.2, 0.25) is 0 Å². The molecular formula is C9H14N2O. The molecule has 3 nitrogen and oxygen atoms in total. The molecule has 0 saturated heterocycles. The molecule has 12 heavy (non-hydrogen) atoms. The van der Waals surface area contributed by atoms with Crippen molar-refractivity contribution in [3.63, 3.8) is 0 Å². The zero-order valence-corrected chi connectivity index (χ0v) is 7.58. The summed E-state index contributed by atoms with van der Waals surface area (Å²) in [7, 11) is 0. The zero-order chi connectivity index (χ0) is 8.81. The fourth-order valence-corrected chi connectivity index (χ4v) is 0.906. The van der Waals surface area contributed by atoms with E-state index in [0.717, 1.165) is 31.0 Å². The number of hydrogen-bond acceptors (Lipinski definition) is 3. The van der Waals surface area contributed by atoms with Crippen molar-refractivity contribution in [2.45, 2.75) is 33.1 Å². The Bertz CT molecular complexity index is 253. The fourth-order valence-electron chi connectivity index (χ4n) is 0.906. The highest BCUT2D eigenvalue weighted by Crippen LogP contribution is 2.03. The van der Waals surface area contributed by atoms with E-state index in [1.54, 1.807) is 0 Å². The lowest BCUT2D eigenvalue weighted by molar-refractivity contribution is 0.454. The zero-order valence-electron chi connectivity index (χ0n) is 7.58. The van der Waals surface area contributed by atoms with Gasteiger partial charge in [0.1, 0.15) is 0 Å². The van der Waals surface area contributed by atoms with Crippen LogP contribution in [-0.4, -0.2) is 10.2 Å². The Kier molecular flexibility index (Phi) is 3.51. The van der Waals surface area contributed by atoms with Gasteiger partial charge in [0.2, 0.25) is 11.8 Å². The fraction of sp³-hybridized carbons (Fsp3) is 0.556. The topological polar surface area (TPSA) is 38.9 Å². The van der Waals surface area contributed by atoms with Gasteiger partial charge in [0.15, 0.2) is 0 Å². The van der Waals surface area contributed by atoms with Crippen LogP contribution in [0.5, 0.6) is 0 Å². The maximum Gasteiger partial charge on any atom is 0.216 e. The van der Waals surface area contributed by atoms with Crippen molar-refractivity contribution in [2.24, 2.45) is 0 Å². The molecule has 0 amide bonds. The summed E-state index contributed by atoms with van der Waals surface area (Å²) in [5, 5.41) is 7.78. The van der Waals surface area contributed by atoms with Crippen LogP contribution in [0.3, 0.4) is 0 Å². The van der Waals surface area contributed by atoms with Gasteiger partial charge in [0.05, 0.1) is 0 Å². The van der Waals surface area contributed by atoms with Gasteiger partial charge in [0.25, 0.3) is 0 Å². The normalized spacial score (nSPS) is 11.2. The lowest BCUT2D eigenvalue weighted by atomic mass is 10.3. The van der Waals surface area contributed by atoms with E-state index in [-0.39, 0.29) is 0 Å². The second-order valence-electron chi connectivity index (χ2n) is 2.55. The number of allylic oxidation sites excluding steroid dienone is 2. The molecule has 0 spiro atoms. The summed E-state index contributed by atoms with van der Waals surface area (Å²) in [4.78, 5) is 0. The maximum absolute atomic E-state index is 5.32. The van der Waals surface area contributed by atoms with E-state index in [4.69, 9.17) is 4.42 Å². The summed E-state index contributed by atoms with van der Waals surface area (Å²) in [5.74, 6) is 1.47. The molecule has 0 fully saturated rings. The van der Waals surface area contributed by atoms with Crippen molar-refractivity contribution in [3.8, 4) is 0 Å². The molecule has 0 bridgehead atoms. The first-order valence-electron chi connectivity index (χ1n) is 4.29. The molecule has 0 atom stereocenters. The molecule has 0 unspecified atom stereocenters. The van der Waals surface area contributed by atoms with E-state index in [0.29, 0.717) is 0 Å². The molecule has 66 valence electrons. The van der Waals surface area contributed by atoms with Gasteiger partial charge in [0, 0.05) is 12.8 Å². The number of hydrogen-bond donors (Lipinski definition) is 0. The van der Waals surface area contributed by atoms with Gasteiger partial charge in [-0.25, -0.2) is 0 Å². The minimum Gasteiger partial charge on any atom is -0.425 e. The van der Waals surface area contributed by atoms with Crippen molar-refractivity contribution in [1.29, 1.82) is 0 Å². The average molecular weight is 166 g/mol. The second-order valence-corrected chi connectivity index (χ2v) is 2.55. The Balaban J connectivity index is 2.41.